The number of rotatable bonds is 15. The van der Waals surface area contributed by atoms with Crippen LogP contribution in [0.1, 0.15) is 12.8 Å². The van der Waals surface area contributed by atoms with Gasteiger partial charge in [-0.3, -0.25) is 23.2 Å². The second-order valence-electron chi connectivity index (χ2n) is 12.3. The Morgan fingerprint density at radius 1 is 0.542 bits per heavy atom. The standard InChI is InChI=1S/C34H30N4O16S5/c39-30(13-15-55(42,43)23-7-3-1-4-8-23)35-22-11-12-26(28(19-22)58(49,50)51)37-38-33-29(59(52,53)54)18-21-17-25(57(46,47)48)20-27(32(21)34(33)41)36-31(40)14-16-56(44,45)24-9-5-2-6-10-24/h1-12,17-20,41H,13-16H2,(H,35,39)(H,36,40)(H,46,47,48)(H,49,50,51)(H,52,53,54). The van der Waals surface area contributed by atoms with Crippen LogP contribution in [0, 0.1) is 0 Å². The Labute approximate surface area is 336 Å². The van der Waals surface area contributed by atoms with Crippen molar-refractivity contribution in [2.45, 2.75) is 37.3 Å². The van der Waals surface area contributed by atoms with Gasteiger partial charge in [-0.2, -0.15) is 25.3 Å². The molecule has 0 spiro atoms. The van der Waals surface area contributed by atoms with Crippen LogP contribution in [0.3, 0.4) is 0 Å². The molecule has 0 heterocycles. The number of azo groups is 1. The maximum atomic E-state index is 13.0. The molecule has 0 saturated carbocycles. The zero-order chi connectivity index (χ0) is 43.6. The molecule has 0 unspecified atom stereocenters. The molecular formula is C34H30N4O16S5. The van der Waals surface area contributed by atoms with Crippen molar-refractivity contribution in [2.24, 2.45) is 10.2 Å². The van der Waals surface area contributed by atoms with Crippen LogP contribution in [-0.2, 0) is 59.6 Å². The number of carbonyl (C=O) groups excluding carboxylic acids is 2. The number of aromatic hydroxyl groups is 1. The molecule has 5 rings (SSSR count). The maximum Gasteiger partial charge on any atom is 0.296 e. The quantitative estimate of drug-likeness (QED) is 0.0629. The van der Waals surface area contributed by atoms with Gasteiger partial charge in [-0.05, 0) is 66.0 Å². The van der Waals surface area contributed by atoms with Gasteiger partial charge in [0.15, 0.2) is 25.4 Å². The molecule has 0 fully saturated rings. The fourth-order valence-electron chi connectivity index (χ4n) is 5.37. The van der Waals surface area contributed by atoms with E-state index in [2.05, 4.69) is 20.9 Å². The van der Waals surface area contributed by atoms with Crippen LogP contribution < -0.4 is 10.6 Å². The topological polar surface area (TPSA) is 335 Å². The highest BCUT2D eigenvalue weighted by Crippen LogP contribution is 2.45. The molecule has 6 N–H and O–H groups in total. The van der Waals surface area contributed by atoms with E-state index in [1.165, 1.54) is 48.5 Å². The van der Waals surface area contributed by atoms with Crippen LogP contribution in [0.5, 0.6) is 5.75 Å². The van der Waals surface area contributed by atoms with E-state index in [4.69, 9.17) is 0 Å². The van der Waals surface area contributed by atoms with E-state index in [1.54, 1.807) is 12.1 Å². The van der Waals surface area contributed by atoms with Crippen molar-refractivity contribution in [3.63, 3.8) is 0 Å². The first-order valence-electron chi connectivity index (χ1n) is 16.3. The lowest BCUT2D eigenvalue weighted by atomic mass is 10.1. The van der Waals surface area contributed by atoms with Crippen LogP contribution in [0.4, 0.5) is 22.7 Å². The molecule has 5 aromatic carbocycles. The monoisotopic (exact) mass is 910 g/mol. The number of carbonyl (C=O) groups is 2. The minimum Gasteiger partial charge on any atom is -0.505 e. The number of anilines is 2. The van der Waals surface area contributed by atoms with Crippen molar-refractivity contribution in [3.05, 3.63) is 97.1 Å². The number of fused-ring (bicyclic) bond motifs is 1. The van der Waals surface area contributed by atoms with Gasteiger partial charge in [-0.25, -0.2) is 16.8 Å². The summed E-state index contributed by atoms with van der Waals surface area (Å²) in [6, 6.07) is 18.7. The van der Waals surface area contributed by atoms with Gasteiger partial charge in [0.05, 0.1) is 31.9 Å². The van der Waals surface area contributed by atoms with Crippen molar-refractivity contribution < 1.29 is 70.4 Å². The molecule has 5 aromatic rings. The van der Waals surface area contributed by atoms with Gasteiger partial charge >= 0.3 is 0 Å². The van der Waals surface area contributed by atoms with Crippen molar-refractivity contribution >= 4 is 95.4 Å². The van der Waals surface area contributed by atoms with Crippen LogP contribution >= 0.6 is 0 Å². The Balaban J connectivity index is 1.52. The average Bonchev–Trinajstić information content (AvgIpc) is 3.15. The molecule has 2 amide bonds. The van der Waals surface area contributed by atoms with Crippen molar-refractivity contribution in [3.8, 4) is 5.75 Å². The van der Waals surface area contributed by atoms with E-state index in [1.807, 2.05) is 0 Å². The minimum absolute atomic E-state index is 0.0400. The van der Waals surface area contributed by atoms with Crippen LogP contribution in [0.15, 0.2) is 132 Å². The summed E-state index contributed by atoms with van der Waals surface area (Å²) in [6.07, 6.45) is -1.30. The van der Waals surface area contributed by atoms with Crippen LogP contribution in [-0.4, -0.2) is 84.2 Å². The summed E-state index contributed by atoms with van der Waals surface area (Å²) in [7, 11) is -23.6. The zero-order valence-corrected chi connectivity index (χ0v) is 33.8. The third-order valence-electron chi connectivity index (χ3n) is 8.15. The normalized spacial score (nSPS) is 12.7. The lowest BCUT2D eigenvalue weighted by molar-refractivity contribution is -0.116. The molecule has 0 saturated heterocycles. The molecule has 0 aromatic heterocycles. The van der Waals surface area contributed by atoms with Gasteiger partial charge in [0.2, 0.25) is 11.8 Å². The SMILES string of the molecule is O=C(CCS(=O)(=O)c1ccccc1)Nc1ccc(N=Nc2c(S(=O)(=O)O)cc3cc(S(=O)(=O)O)cc(NC(=O)CCS(=O)(=O)c4ccccc4)c3c2O)c(S(=O)(=O)O)c1. The number of nitrogens with zero attached hydrogens (tertiary/aromatic N) is 2. The van der Waals surface area contributed by atoms with E-state index in [0.717, 1.165) is 12.1 Å². The summed E-state index contributed by atoms with van der Waals surface area (Å²) in [5, 5.41) is 21.9. The van der Waals surface area contributed by atoms with E-state index in [9.17, 15) is 70.4 Å². The van der Waals surface area contributed by atoms with Gasteiger partial charge in [0.25, 0.3) is 30.4 Å². The molecule has 312 valence electrons. The number of sulfone groups is 2. The predicted molar refractivity (Wildman–Crippen MR) is 209 cm³/mol. The molecule has 0 aliphatic rings. The zero-order valence-electron chi connectivity index (χ0n) is 29.7. The van der Waals surface area contributed by atoms with Gasteiger partial charge in [0, 0.05) is 23.9 Å². The number of nitrogens with one attached hydrogen (secondary N) is 2. The lowest BCUT2D eigenvalue weighted by Gasteiger charge is -2.15. The number of amides is 2. The molecule has 25 heteroatoms. The number of phenols is 1. The molecule has 0 aliphatic carbocycles. The fraction of sp³-hybridized carbons (Fsp3) is 0.118. The second kappa shape index (κ2) is 16.9. The van der Waals surface area contributed by atoms with Crippen molar-refractivity contribution in [1.82, 2.24) is 0 Å². The molecular weight excluding hydrogens is 881 g/mol. The summed E-state index contributed by atoms with van der Waals surface area (Å²) in [6.45, 7) is 0. The first-order chi connectivity index (χ1) is 27.4. The maximum absolute atomic E-state index is 13.0. The smallest absolute Gasteiger partial charge is 0.296 e. The fourth-order valence-corrected chi connectivity index (χ4v) is 9.74. The average molecular weight is 911 g/mol. The van der Waals surface area contributed by atoms with E-state index in [0.29, 0.717) is 24.3 Å². The summed E-state index contributed by atoms with van der Waals surface area (Å²) < 4.78 is 154. The molecule has 0 atom stereocenters. The van der Waals surface area contributed by atoms with Crippen LogP contribution in [0.2, 0.25) is 0 Å². The Hall–Kier alpha value is -5.67. The number of phenolic OH excluding ortho intramolecular Hbond substituents is 1. The Morgan fingerprint density at radius 3 is 1.54 bits per heavy atom. The highest BCUT2D eigenvalue weighted by atomic mass is 32.2. The summed E-state index contributed by atoms with van der Waals surface area (Å²) in [4.78, 5) is 22.2. The van der Waals surface area contributed by atoms with Crippen molar-refractivity contribution in [1.29, 1.82) is 0 Å². The molecule has 0 bridgehead atoms. The molecule has 20 nitrogen and oxygen atoms in total. The Morgan fingerprint density at radius 2 is 1.05 bits per heavy atom. The van der Waals surface area contributed by atoms with Gasteiger partial charge < -0.3 is 15.7 Å². The molecule has 59 heavy (non-hydrogen) atoms. The summed E-state index contributed by atoms with van der Waals surface area (Å²) in [5.74, 6) is -4.54. The van der Waals surface area contributed by atoms with Gasteiger partial charge in [-0.15, -0.1) is 10.2 Å². The van der Waals surface area contributed by atoms with Gasteiger partial charge in [-0.1, -0.05) is 36.4 Å². The lowest BCUT2D eigenvalue weighted by Crippen LogP contribution is -2.18. The number of hydrogen-bond donors (Lipinski definition) is 6. The minimum atomic E-state index is -5.42. The first-order valence-corrected chi connectivity index (χ1v) is 24.0. The Bertz CT molecular complexity index is 3090. The van der Waals surface area contributed by atoms with E-state index >= 15 is 0 Å². The highest BCUT2D eigenvalue weighted by molar-refractivity contribution is 7.91. The summed E-state index contributed by atoms with van der Waals surface area (Å²) in [5.41, 5.74) is -2.78. The number of hydrogen-bond acceptors (Lipinski definition) is 15. The Kier molecular flexibility index (Phi) is 12.7. The largest absolute Gasteiger partial charge is 0.505 e. The third kappa shape index (κ3) is 10.9. The summed E-state index contributed by atoms with van der Waals surface area (Å²) >= 11 is 0. The predicted octanol–water partition coefficient (Wildman–Crippen LogP) is 4.31. The highest BCUT2D eigenvalue weighted by Gasteiger charge is 2.27. The van der Waals surface area contributed by atoms with Gasteiger partial charge in [0.1, 0.15) is 21.2 Å². The molecule has 0 radical (unpaired) electrons. The molecule has 0 aliphatic heterocycles. The first kappa shape index (κ1) is 44.4. The second-order valence-corrected chi connectivity index (χ2v) is 20.7. The van der Waals surface area contributed by atoms with Crippen molar-refractivity contribution in [2.75, 3.05) is 22.1 Å². The van der Waals surface area contributed by atoms with Crippen LogP contribution in [0.25, 0.3) is 10.8 Å². The van der Waals surface area contributed by atoms with E-state index < -0.39 is 134 Å². The third-order valence-corrected chi connectivity index (χ3v) is 14.2. The van der Waals surface area contributed by atoms with E-state index in [-0.39, 0.29) is 15.5 Å². The number of benzene rings is 5.